The van der Waals surface area contributed by atoms with Gasteiger partial charge in [0.15, 0.2) is 0 Å². The van der Waals surface area contributed by atoms with Crippen molar-refractivity contribution in [2.45, 2.75) is 63.5 Å². The third kappa shape index (κ3) is 3.23. The van der Waals surface area contributed by atoms with Crippen LogP contribution in [-0.2, 0) is 4.79 Å². The number of carbonyl (C=O) groups excluding carboxylic acids is 1. The van der Waals surface area contributed by atoms with Crippen molar-refractivity contribution in [1.29, 1.82) is 0 Å². The molecule has 2 rings (SSSR count). The number of rotatable bonds is 5. The van der Waals surface area contributed by atoms with Gasteiger partial charge in [-0.2, -0.15) is 0 Å². The second-order valence-electron chi connectivity index (χ2n) is 5.84. The number of amides is 1. The van der Waals surface area contributed by atoms with Gasteiger partial charge in [-0.3, -0.25) is 4.79 Å². The lowest BCUT2D eigenvalue weighted by atomic mass is 9.84. The fourth-order valence-electron chi connectivity index (χ4n) is 3.13. The summed E-state index contributed by atoms with van der Waals surface area (Å²) in [5, 5.41) is 13.8. The molecule has 1 atom stereocenters. The maximum absolute atomic E-state index is 12.2. The van der Waals surface area contributed by atoms with Crippen molar-refractivity contribution in [2.75, 3.05) is 19.6 Å². The molecule has 0 bridgehead atoms. The quantitative estimate of drug-likeness (QED) is 0.777. The van der Waals surface area contributed by atoms with Crippen molar-refractivity contribution in [3.63, 3.8) is 0 Å². The van der Waals surface area contributed by atoms with E-state index < -0.39 is 5.60 Å². The molecular formula is C14H26N2O2. The van der Waals surface area contributed by atoms with Crippen LogP contribution in [0.5, 0.6) is 0 Å². The zero-order chi connectivity index (χ0) is 13.0. The predicted molar refractivity (Wildman–Crippen MR) is 71.3 cm³/mol. The van der Waals surface area contributed by atoms with Gasteiger partial charge in [0.1, 0.15) is 0 Å². The SMILES string of the molecule is CCCNC1CCN(CC2(O)CCCCC2)C1=O. The van der Waals surface area contributed by atoms with E-state index in [1.165, 1.54) is 6.42 Å². The number of hydrogen-bond donors (Lipinski definition) is 2. The number of nitrogens with one attached hydrogen (secondary N) is 1. The molecule has 0 aromatic heterocycles. The van der Waals surface area contributed by atoms with Crippen LogP contribution in [0.1, 0.15) is 51.9 Å². The molecule has 0 radical (unpaired) electrons. The maximum atomic E-state index is 12.2. The molecule has 1 aliphatic heterocycles. The summed E-state index contributed by atoms with van der Waals surface area (Å²) in [4.78, 5) is 14.0. The van der Waals surface area contributed by atoms with Gasteiger partial charge in [0.05, 0.1) is 11.6 Å². The van der Waals surface area contributed by atoms with Crippen molar-refractivity contribution in [2.24, 2.45) is 0 Å². The first kappa shape index (κ1) is 13.8. The van der Waals surface area contributed by atoms with E-state index in [2.05, 4.69) is 12.2 Å². The Balaban J connectivity index is 1.85. The Morgan fingerprint density at radius 3 is 2.78 bits per heavy atom. The molecule has 0 aromatic rings. The van der Waals surface area contributed by atoms with Gasteiger partial charge < -0.3 is 15.3 Å². The van der Waals surface area contributed by atoms with Gasteiger partial charge in [-0.25, -0.2) is 0 Å². The van der Waals surface area contributed by atoms with E-state index >= 15 is 0 Å². The van der Waals surface area contributed by atoms with Crippen molar-refractivity contribution >= 4 is 5.91 Å². The van der Waals surface area contributed by atoms with E-state index in [0.717, 1.165) is 51.6 Å². The van der Waals surface area contributed by atoms with Gasteiger partial charge in [-0.05, 0) is 32.2 Å². The van der Waals surface area contributed by atoms with Crippen LogP contribution in [0.2, 0.25) is 0 Å². The van der Waals surface area contributed by atoms with Crippen molar-refractivity contribution in [3.05, 3.63) is 0 Å². The molecule has 2 fully saturated rings. The van der Waals surface area contributed by atoms with Crippen LogP contribution in [0.3, 0.4) is 0 Å². The highest BCUT2D eigenvalue weighted by molar-refractivity contribution is 5.84. The molecule has 4 heteroatoms. The Kier molecular flexibility index (Phi) is 4.62. The average molecular weight is 254 g/mol. The molecule has 1 amide bonds. The number of carbonyl (C=O) groups is 1. The van der Waals surface area contributed by atoms with Crippen LogP contribution in [-0.4, -0.2) is 47.2 Å². The van der Waals surface area contributed by atoms with Crippen molar-refractivity contribution in [1.82, 2.24) is 10.2 Å². The van der Waals surface area contributed by atoms with Gasteiger partial charge in [-0.1, -0.05) is 26.2 Å². The van der Waals surface area contributed by atoms with E-state index in [1.807, 2.05) is 4.90 Å². The summed E-state index contributed by atoms with van der Waals surface area (Å²) >= 11 is 0. The smallest absolute Gasteiger partial charge is 0.239 e. The van der Waals surface area contributed by atoms with Gasteiger partial charge in [0.2, 0.25) is 5.91 Å². The van der Waals surface area contributed by atoms with Crippen LogP contribution in [0.4, 0.5) is 0 Å². The van der Waals surface area contributed by atoms with Crippen LogP contribution in [0, 0.1) is 0 Å². The normalized spacial score (nSPS) is 27.8. The van der Waals surface area contributed by atoms with Crippen LogP contribution in [0.15, 0.2) is 0 Å². The zero-order valence-corrected chi connectivity index (χ0v) is 11.5. The molecule has 4 nitrogen and oxygen atoms in total. The molecule has 1 aliphatic carbocycles. The lowest BCUT2D eigenvalue weighted by Gasteiger charge is -2.35. The summed E-state index contributed by atoms with van der Waals surface area (Å²) in [7, 11) is 0. The Bertz CT molecular complexity index is 288. The minimum atomic E-state index is -0.618. The minimum Gasteiger partial charge on any atom is -0.388 e. The molecule has 104 valence electrons. The monoisotopic (exact) mass is 254 g/mol. The Labute approximate surface area is 110 Å². The highest BCUT2D eigenvalue weighted by Crippen LogP contribution is 2.30. The maximum Gasteiger partial charge on any atom is 0.239 e. The summed E-state index contributed by atoms with van der Waals surface area (Å²) in [6.45, 7) is 4.34. The second-order valence-corrected chi connectivity index (χ2v) is 5.84. The predicted octanol–water partition coefficient (Wildman–Crippen LogP) is 1.28. The molecule has 0 aromatic carbocycles. The summed E-state index contributed by atoms with van der Waals surface area (Å²) in [6.07, 6.45) is 7.04. The average Bonchev–Trinajstić information content (AvgIpc) is 2.69. The number of hydrogen-bond acceptors (Lipinski definition) is 3. The molecule has 0 spiro atoms. The highest BCUT2D eigenvalue weighted by Gasteiger charge is 2.37. The van der Waals surface area contributed by atoms with E-state index in [9.17, 15) is 9.90 Å². The zero-order valence-electron chi connectivity index (χ0n) is 11.5. The van der Waals surface area contributed by atoms with E-state index in [4.69, 9.17) is 0 Å². The molecule has 18 heavy (non-hydrogen) atoms. The van der Waals surface area contributed by atoms with Gasteiger partial charge in [0.25, 0.3) is 0 Å². The molecule has 1 unspecified atom stereocenters. The van der Waals surface area contributed by atoms with E-state index in [-0.39, 0.29) is 11.9 Å². The molecule has 1 saturated heterocycles. The van der Waals surface area contributed by atoms with Crippen molar-refractivity contribution in [3.8, 4) is 0 Å². The molecule has 1 heterocycles. The molecule has 2 N–H and O–H groups in total. The largest absolute Gasteiger partial charge is 0.388 e. The lowest BCUT2D eigenvalue weighted by molar-refractivity contribution is -0.133. The van der Waals surface area contributed by atoms with E-state index in [0.29, 0.717) is 6.54 Å². The number of nitrogens with zero attached hydrogens (tertiary/aromatic N) is 1. The van der Waals surface area contributed by atoms with E-state index in [1.54, 1.807) is 0 Å². The summed E-state index contributed by atoms with van der Waals surface area (Å²) in [5.74, 6) is 0.183. The summed E-state index contributed by atoms with van der Waals surface area (Å²) in [5.41, 5.74) is -0.618. The first-order valence-electron chi connectivity index (χ1n) is 7.39. The summed E-state index contributed by atoms with van der Waals surface area (Å²) < 4.78 is 0. The van der Waals surface area contributed by atoms with Crippen molar-refractivity contribution < 1.29 is 9.90 Å². The number of aliphatic hydroxyl groups is 1. The third-order valence-corrected chi connectivity index (χ3v) is 4.21. The van der Waals surface area contributed by atoms with Crippen LogP contribution >= 0.6 is 0 Å². The number of β-amino-alcohol motifs (C(OH)–C–C–N with tert-alkyl or cyclic N) is 1. The Morgan fingerprint density at radius 2 is 2.11 bits per heavy atom. The fraction of sp³-hybridized carbons (Fsp3) is 0.929. The van der Waals surface area contributed by atoms with Crippen LogP contribution < -0.4 is 5.32 Å². The number of likely N-dealkylation sites (tertiary alicyclic amines) is 1. The topological polar surface area (TPSA) is 52.6 Å². The second kappa shape index (κ2) is 6.02. The standard InChI is InChI=1S/C14H26N2O2/c1-2-9-15-12-6-10-16(13(12)17)11-14(18)7-4-3-5-8-14/h12,15,18H,2-11H2,1H3. The first-order valence-corrected chi connectivity index (χ1v) is 7.39. The molecule has 1 saturated carbocycles. The Morgan fingerprint density at radius 1 is 1.39 bits per heavy atom. The Hall–Kier alpha value is -0.610. The highest BCUT2D eigenvalue weighted by atomic mass is 16.3. The minimum absolute atomic E-state index is 0.0165. The third-order valence-electron chi connectivity index (χ3n) is 4.21. The van der Waals surface area contributed by atoms with Gasteiger partial charge in [-0.15, -0.1) is 0 Å². The lowest BCUT2D eigenvalue weighted by Crippen LogP contribution is -2.47. The first-order chi connectivity index (χ1) is 8.64. The van der Waals surface area contributed by atoms with Gasteiger partial charge in [0, 0.05) is 13.1 Å². The molecular weight excluding hydrogens is 228 g/mol. The fourth-order valence-corrected chi connectivity index (χ4v) is 3.13. The summed E-state index contributed by atoms with van der Waals surface area (Å²) in [6, 6.07) is -0.0165. The van der Waals surface area contributed by atoms with Crippen LogP contribution in [0.25, 0.3) is 0 Å². The molecule has 2 aliphatic rings. The van der Waals surface area contributed by atoms with Gasteiger partial charge >= 0.3 is 0 Å².